The van der Waals surface area contributed by atoms with Crippen LogP contribution in [0.3, 0.4) is 0 Å². The molecule has 0 aliphatic heterocycles. The van der Waals surface area contributed by atoms with Crippen LogP contribution >= 0.6 is 11.3 Å². The van der Waals surface area contributed by atoms with E-state index in [1.165, 1.54) is 11.3 Å². The molecule has 0 unspecified atom stereocenters. The number of nitrogens with zero attached hydrogens (tertiary/aromatic N) is 2. The highest BCUT2D eigenvalue weighted by molar-refractivity contribution is 7.22. The van der Waals surface area contributed by atoms with Crippen LogP contribution in [0.25, 0.3) is 10.2 Å². The predicted molar refractivity (Wildman–Crippen MR) is 112 cm³/mol. The summed E-state index contributed by atoms with van der Waals surface area (Å²) >= 11 is 1.44. The number of carbonyl (C=O) groups is 1. The highest BCUT2D eigenvalue weighted by Gasteiger charge is 2.32. The van der Waals surface area contributed by atoms with E-state index >= 15 is 0 Å². The first-order chi connectivity index (χ1) is 13.4. The summed E-state index contributed by atoms with van der Waals surface area (Å²) < 4.78 is 6.63. The molecule has 1 aromatic carbocycles. The van der Waals surface area contributed by atoms with E-state index in [4.69, 9.17) is 4.74 Å². The average molecular weight is 399 g/mol. The zero-order chi connectivity index (χ0) is 19.9. The van der Waals surface area contributed by atoms with E-state index < -0.39 is 0 Å². The minimum Gasteiger partial charge on any atom is -0.492 e. The van der Waals surface area contributed by atoms with Crippen LogP contribution in [0.4, 0.5) is 5.13 Å². The largest absolute Gasteiger partial charge is 0.492 e. The summed E-state index contributed by atoms with van der Waals surface area (Å²) in [4.78, 5) is 17.5. The maximum atomic E-state index is 12.9. The van der Waals surface area contributed by atoms with Crippen LogP contribution in [0.1, 0.15) is 55.9 Å². The van der Waals surface area contributed by atoms with E-state index in [-0.39, 0.29) is 11.3 Å². The Morgan fingerprint density at radius 2 is 2.21 bits per heavy atom. The Bertz CT molecular complexity index is 1020. The monoisotopic (exact) mass is 398 g/mol. The van der Waals surface area contributed by atoms with Crippen molar-refractivity contribution in [1.82, 2.24) is 15.2 Å². The standard InChI is InChI=1S/C21H26N4O2S/c1-5-27-15-7-6-8-16-18(15)22-20(28-16)23-19(26)17-13-11-12(21(2,3)4)9-10-14(13)24-25-17/h6-8,12H,5,9-11H2,1-4H3,(H,24,25)(H,22,23,26)/t12-/m1/s1. The number of hydrogen-bond acceptors (Lipinski definition) is 5. The summed E-state index contributed by atoms with van der Waals surface area (Å²) in [5, 5.41) is 10.9. The predicted octanol–water partition coefficient (Wildman–Crippen LogP) is 4.82. The molecule has 7 heteroatoms. The molecule has 0 saturated carbocycles. The van der Waals surface area contributed by atoms with Gasteiger partial charge in [-0.05, 0) is 49.7 Å². The molecule has 1 aliphatic rings. The molecule has 0 radical (unpaired) electrons. The molecule has 28 heavy (non-hydrogen) atoms. The lowest BCUT2D eigenvalue weighted by Crippen LogP contribution is -2.28. The van der Waals surface area contributed by atoms with Gasteiger partial charge in [-0.1, -0.05) is 38.2 Å². The average Bonchev–Trinajstić information content (AvgIpc) is 3.24. The number of fused-ring (bicyclic) bond motifs is 2. The zero-order valence-electron chi connectivity index (χ0n) is 16.8. The van der Waals surface area contributed by atoms with E-state index in [0.717, 1.165) is 46.5 Å². The third-order valence-corrected chi connectivity index (χ3v) is 6.42. The lowest BCUT2D eigenvalue weighted by molar-refractivity contribution is 0.102. The molecule has 0 spiro atoms. The fraction of sp³-hybridized carbons (Fsp3) is 0.476. The van der Waals surface area contributed by atoms with Gasteiger partial charge in [0.2, 0.25) is 0 Å². The van der Waals surface area contributed by atoms with Crippen LogP contribution in [0.2, 0.25) is 0 Å². The molecular weight excluding hydrogens is 372 g/mol. The number of anilines is 1. The van der Waals surface area contributed by atoms with Crippen molar-refractivity contribution in [2.75, 3.05) is 11.9 Å². The van der Waals surface area contributed by atoms with Crippen LogP contribution < -0.4 is 10.1 Å². The Balaban J connectivity index is 1.58. The van der Waals surface area contributed by atoms with Crippen molar-refractivity contribution in [3.63, 3.8) is 0 Å². The normalized spacial score (nSPS) is 16.8. The van der Waals surface area contributed by atoms with Gasteiger partial charge in [0.05, 0.1) is 11.3 Å². The van der Waals surface area contributed by atoms with Gasteiger partial charge in [-0.3, -0.25) is 15.2 Å². The van der Waals surface area contributed by atoms with Crippen molar-refractivity contribution in [2.45, 2.75) is 47.0 Å². The summed E-state index contributed by atoms with van der Waals surface area (Å²) in [6, 6.07) is 5.82. The van der Waals surface area contributed by atoms with Gasteiger partial charge in [0.1, 0.15) is 11.3 Å². The second-order valence-electron chi connectivity index (χ2n) is 8.34. The molecule has 0 fully saturated rings. The molecular formula is C21H26N4O2S. The van der Waals surface area contributed by atoms with E-state index in [0.29, 0.717) is 23.4 Å². The highest BCUT2D eigenvalue weighted by atomic mass is 32.1. The molecule has 1 amide bonds. The number of ether oxygens (including phenoxy) is 1. The van der Waals surface area contributed by atoms with Crippen molar-refractivity contribution >= 4 is 32.6 Å². The number of rotatable bonds is 4. The van der Waals surface area contributed by atoms with Gasteiger partial charge in [0.25, 0.3) is 5.91 Å². The Kier molecular flexibility index (Phi) is 4.87. The van der Waals surface area contributed by atoms with Gasteiger partial charge >= 0.3 is 0 Å². The molecule has 2 N–H and O–H groups in total. The van der Waals surface area contributed by atoms with Crippen molar-refractivity contribution in [2.24, 2.45) is 11.3 Å². The molecule has 0 saturated heterocycles. The Hall–Kier alpha value is -2.41. The summed E-state index contributed by atoms with van der Waals surface area (Å²) in [5.41, 5.74) is 3.63. The number of para-hydroxylation sites is 1. The van der Waals surface area contributed by atoms with Crippen molar-refractivity contribution < 1.29 is 9.53 Å². The second-order valence-corrected chi connectivity index (χ2v) is 9.37. The van der Waals surface area contributed by atoms with Crippen LogP contribution in [0.15, 0.2) is 18.2 Å². The third-order valence-electron chi connectivity index (χ3n) is 5.49. The SMILES string of the molecule is CCOc1cccc2sc(NC(=O)c3n[nH]c4c3C[C@H](C(C)(C)C)CC4)nc12. The lowest BCUT2D eigenvalue weighted by Gasteiger charge is -2.33. The maximum Gasteiger partial charge on any atom is 0.278 e. The second kappa shape index (κ2) is 7.20. The van der Waals surface area contributed by atoms with E-state index in [1.807, 2.05) is 25.1 Å². The highest BCUT2D eigenvalue weighted by Crippen LogP contribution is 2.38. The van der Waals surface area contributed by atoms with Crippen molar-refractivity contribution in [3.05, 3.63) is 35.2 Å². The van der Waals surface area contributed by atoms with Gasteiger partial charge in [0, 0.05) is 11.3 Å². The van der Waals surface area contributed by atoms with E-state index in [1.54, 1.807) is 0 Å². The zero-order valence-corrected chi connectivity index (χ0v) is 17.6. The molecule has 2 aromatic heterocycles. The van der Waals surface area contributed by atoms with E-state index in [2.05, 4.69) is 41.3 Å². The number of aromatic amines is 1. The number of thiazole rings is 1. The summed E-state index contributed by atoms with van der Waals surface area (Å²) in [5.74, 6) is 1.08. The van der Waals surface area contributed by atoms with Gasteiger partial charge < -0.3 is 4.74 Å². The van der Waals surface area contributed by atoms with Crippen molar-refractivity contribution in [1.29, 1.82) is 0 Å². The Labute approximate surface area is 168 Å². The first-order valence-corrected chi connectivity index (χ1v) is 10.6. The number of aryl methyl sites for hydroxylation is 1. The summed E-state index contributed by atoms with van der Waals surface area (Å²) in [7, 11) is 0. The maximum absolute atomic E-state index is 12.9. The summed E-state index contributed by atoms with van der Waals surface area (Å²) in [6.45, 7) is 9.31. The smallest absolute Gasteiger partial charge is 0.278 e. The molecule has 148 valence electrons. The fourth-order valence-electron chi connectivity index (χ4n) is 3.83. The minimum absolute atomic E-state index is 0.205. The Morgan fingerprint density at radius 1 is 1.39 bits per heavy atom. The van der Waals surface area contributed by atoms with Gasteiger partial charge in [-0.2, -0.15) is 5.10 Å². The number of carbonyl (C=O) groups excluding carboxylic acids is 1. The number of amides is 1. The van der Waals surface area contributed by atoms with Crippen LogP contribution in [0, 0.1) is 11.3 Å². The van der Waals surface area contributed by atoms with E-state index in [9.17, 15) is 4.79 Å². The van der Waals surface area contributed by atoms with Gasteiger partial charge in [0.15, 0.2) is 10.8 Å². The minimum atomic E-state index is -0.205. The fourth-order valence-corrected chi connectivity index (χ4v) is 4.71. The molecule has 1 aliphatic carbocycles. The number of benzene rings is 1. The molecule has 4 rings (SSSR count). The van der Waals surface area contributed by atoms with Gasteiger partial charge in [-0.15, -0.1) is 0 Å². The van der Waals surface area contributed by atoms with Crippen LogP contribution in [-0.4, -0.2) is 27.7 Å². The molecule has 2 heterocycles. The molecule has 1 atom stereocenters. The van der Waals surface area contributed by atoms with Gasteiger partial charge in [-0.25, -0.2) is 4.98 Å². The third kappa shape index (κ3) is 3.51. The number of aromatic nitrogens is 3. The topological polar surface area (TPSA) is 79.9 Å². The van der Waals surface area contributed by atoms with Crippen LogP contribution in [-0.2, 0) is 12.8 Å². The Morgan fingerprint density at radius 3 is 2.96 bits per heavy atom. The quantitative estimate of drug-likeness (QED) is 0.660. The first-order valence-electron chi connectivity index (χ1n) is 9.76. The van der Waals surface area contributed by atoms with Crippen LogP contribution in [0.5, 0.6) is 5.75 Å². The molecule has 0 bridgehead atoms. The number of nitrogens with one attached hydrogen (secondary N) is 2. The molecule has 6 nitrogen and oxygen atoms in total. The van der Waals surface area contributed by atoms with Crippen molar-refractivity contribution in [3.8, 4) is 5.75 Å². The first kappa shape index (κ1) is 18.9. The molecule has 3 aromatic rings. The lowest BCUT2D eigenvalue weighted by atomic mass is 9.71. The summed E-state index contributed by atoms with van der Waals surface area (Å²) in [6.07, 6.45) is 2.95. The number of H-pyrrole nitrogens is 1. The number of hydrogen-bond donors (Lipinski definition) is 2.